The molecule has 0 amide bonds. The molecular formula is C35H32N2O2. The molecule has 0 radical (unpaired) electrons. The summed E-state index contributed by atoms with van der Waals surface area (Å²) in [6, 6.07) is 33.5. The van der Waals surface area contributed by atoms with E-state index in [0.29, 0.717) is 13.2 Å². The number of para-hydroxylation sites is 2. The zero-order valence-corrected chi connectivity index (χ0v) is 22.4. The Hall–Kier alpha value is -4.57. The summed E-state index contributed by atoms with van der Waals surface area (Å²) in [6.07, 6.45) is 4.99. The molecule has 1 aromatic heterocycles. The van der Waals surface area contributed by atoms with E-state index in [2.05, 4.69) is 97.0 Å². The molecule has 4 heteroatoms. The molecule has 0 unspecified atom stereocenters. The lowest BCUT2D eigenvalue weighted by molar-refractivity contribution is 0.340. The summed E-state index contributed by atoms with van der Waals surface area (Å²) in [4.78, 5) is 8.35. The summed E-state index contributed by atoms with van der Waals surface area (Å²) in [5.41, 5.74) is 8.16. The third-order valence-corrected chi connectivity index (χ3v) is 7.36. The summed E-state index contributed by atoms with van der Waals surface area (Å²) >= 11 is 0. The smallest absolute Gasteiger partial charge is 0.140 e. The Morgan fingerprint density at radius 3 is 2.44 bits per heavy atom. The molecule has 2 heterocycles. The van der Waals surface area contributed by atoms with E-state index < -0.39 is 0 Å². The molecule has 4 aromatic carbocycles. The van der Waals surface area contributed by atoms with Crippen LogP contribution in [-0.2, 0) is 6.42 Å². The van der Waals surface area contributed by atoms with Crippen molar-refractivity contribution in [2.75, 3.05) is 13.2 Å². The van der Waals surface area contributed by atoms with Gasteiger partial charge in [-0.15, -0.1) is 0 Å². The van der Waals surface area contributed by atoms with Crippen LogP contribution in [0.15, 0.2) is 114 Å². The van der Waals surface area contributed by atoms with E-state index in [0.717, 1.165) is 45.9 Å². The number of nitrogens with one attached hydrogen (secondary N) is 1. The monoisotopic (exact) mass is 512 g/mol. The number of aliphatic imine (C=N–C) groups is 1. The second kappa shape index (κ2) is 11.0. The van der Waals surface area contributed by atoms with E-state index in [4.69, 9.17) is 14.5 Å². The number of aromatic amines is 1. The number of hydrogen-bond acceptors (Lipinski definition) is 3. The topological polar surface area (TPSA) is 46.6 Å². The average Bonchev–Trinajstić information content (AvgIpc) is 3.39. The summed E-state index contributed by atoms with van der Waals surface area (Å²) in [5.74, 6) is 2.57. The largest absolute Gasteiger partial charge is 0.494 e. The molecule has 5 aromatic rings. The van der Waals surface area contributed by atoms with Crippen molar-refractivity contribution in [2.24, 2.45) is 4.99 Å². The fourth-order valence-electron chi connectivity index (χ4n) is 5.44. The quantitative estimate of drug-likeness (QED) is 0.213. The first-order chi connectivity index (χ1) is 19.2. The Bertz CT molecular complexity index is 1660. The van der Waals surface area contributed by atoms with Gasteiger partial charge in [0.2, 0.25) is 0 Å². The van der Waals surface area contributed by atoms with Gasteiger partial charge < -0.3 is 14.5 Å². The van der Waals surface area contributed by atoms with Gasteiger partial charge in [0, 0.05) is 52.5 Å². The van der Waals surface area contributed by atoms with Crippen LogP contribution in [0.3, 0.4) is 0 Å². The zero-order valence-electron chi connectivity index (χ0n) is 22.4. The number of H-pyrrole nitrogens is 1. The molecule has 1 N–H and O–H groups in total. The maximum absolute atomic E-state index is 6.63. The minimum Gasteiger partial charge on any atom is -0.494 e. The van der Waals surface area contributed by atoms with Crippen LogP contribution in [0.2, 0.25) is 0 Å². The second-order valence-electron chi connectivity index (χ2n) is 9.82. The lowest BCUT2D eigenvalue weighted by Crippen LogP contribution is -2.18. The molecule has 194 valence electrons. The number of benzene rings is 4. The highest BCUT2D eigenvalue weighted by Gasteiger charge is 2.31. The predicted molar refractivity (Wildman–Crippen MR) is 160 cm³/mol. The second-order valence-corrected chi connectivity index (χ2v) is 9.82. The van der Waals surface area contributed by atoms with E-state index in [1.54, 1.807) is 0 Å². The van der Waals surface area contributed by atoms with Gasteiger partial charge in [-0.25, -0.2) is 0 Å². The van der Waals surface area contributed by atoms with Gasteiger partial charge in [0.05, 0.1) is 6.61 Å². The van der Waals surface area contributed by atoms with Crippen molar-refractivity contribution < 1.29 is 9.47 Å². The minimum absolute atomic E-state index is 0.00885. The van der Waals surface area contributed by atoms with Crippen molar-refractivity contribution >= 4 is 22.9 Å². The molecule has 39 heavy (non-hydrogen) atoms. The van der Waals surface area contributed by atoms with Crippen molar-refractivity contribution in [3.05, 3.63) is 137 Å². The van der Waals surface area contributed by atoms with Crippen LogP contribution < -0.4 is 9.47 Å². The number of hydrogen-bond donors (Lipinski definition) is 1. The van der Waals surface area contributed by atoms with Crippen LogP contribution in [-0.4, -0.2) is 24.4 Å². The Kier molecular flexibility index (Phi) is 7.01. The number of fused-ring (bicyclic) bond motifs is 2. The predicted octanol–water partition coefficient (Wildman–Crippen LogP) is 8.12. The molecule has 1 aliphatic rings. The molecule has 4 nitrogen and oxygen atoms in total. The molecule has 1 atom stereocenters. The van der Waals surface area contributed by atoms with Crippen LogP contribution >= 0.6 is 0 Å². The van der Waals surface area contributed by atoms with Crippen molar-refractivity contribution in [3.8, 4) is 11.5 Å². The minimum atomic E-state index is 0.00885. The van der Waals surface area contributed by atoms with Gasteiger partial charge in [0.25, 0.3) is 0 Å². The lowest BCUT2D eigenvalue weighted by atomic mass is 9.80. The highest BCUT2D eigenvalue weighted by molar-refractivity contribution is 5.94. The molecule has 0 bridgehead atoms. The Morgan fingerprint density at radius 2 is 1.62 bits per heavy atom. The van der Waals surface area contributed by atoms with Gasteiger partial charge >= 0.3 is 0 Å². The Balaban J connectivity index is 1.42. The van der Waals surface area contributed by atoms with Gasteiger partial charge in [0.1, 0.15) is 17.3 Å². The van der Waals surface area contributed by atoms with Crippen molar-refractivity contribution in [1.82, 2.24) is 4.98 Å². The van der Waals surface area contributed by atoms with Gasteiger partial charge in [-0.2, -0.15) is 0 Å². The van der Waals surface area contributed by atoms with Crippen LogP contribution in [0.4, 0.5) is 0 Å². The zero-order chi connectivity index (χ0) is 26.6. The lowest BCUT2D eigenvalue weighted by Gasteiger charge is -2.30. The number of aryl methyl sites for hydroxylation is 1. The Morgan fingerprint density at radius 1 is 0.872 bits per heavy atom. The molecule has 0 fully saturated rings. The van der Waals surface area contributed by atoms with Crippen molar-refractivity contribution in [2.45, 2.75) is 26.2 Å². The maximum atomic E-state index is 6.63. The third kappa shape index (κ3) is 4.98. The van der Waals surface area contributed by atoms with E-state index in [1.165, 1.54) is 22.1 Å². The summed E-state index contributed by atoms with van der Waals surface area (Å²) in [6.45, 7) is 5.49. The number of rotatable bonds is 8. The molecular weight excluding hydrogens is 480 g/mol. The number of allylic oxidation sites excluding steroid dienone is 1. The van der Waals surface area contributed by atoms with Gasteiger partial charge in [-0.05, 0) is 73.4 Å². The number of nitrogens with zero attached hydrogens (tertiary/aromatic N) is 1. The normalized spacial score (nSPS) is 15.0. The van der Waals surface area contributed by atoms with E-state index >= 15 is 0 Å². The third-order valence-electron chi connectivity index (χ3n) is 7.36. The molecule has 0 aliphatic carbocycles. The van der Waals surface area contributed by atoms with Gasteiger partial charge in [-0.3, -0.25) is 4.99 Å². The van der Waals surface area contributed by atoms with Crippen LogP contribution in [0, 0.1) is 6.92 Å². The van der Waals surface area contributed by atoms with Crippen molar-refractivity contribution in [3.63, 3.8) is 0 Å². The Labute approximate surface area is 229 Å². The number of ether oxygens (including phenoxy) is 2. The first-order valence-electron chi connectivity index (χ1n) is 13.6. The highest BCUT2D eigenvalue weighted by Crippen LogP contribution is 2.46. The maximum Gasteiger partial charge on any atom is 0.140 e. The average molecular weight is 513 g/mol. The standard InChI is InChI=1S/C35H32N2O2/c1-3-38-27-18-16-25(17-19-27)35-31(23-36-21-20-26-22-37-32-14-8-6-12-29(26)32)34(28-11-5-4-10-24(28)2)30-13-7-9-15-33(30)39-35/h4-19,22-23,34,37H,3,20-21H2,1-2H3/t34-/m0/s1. The van der Waals surface area contributed by atoms with Gasteiger partial charge in [-0.1, -0.05) is 60.7 Å². The summed E-state index contributed by atoms with van der Waals surface area (Å²) < 4.78 is 12.3. The summed E-state index contributed by atoms with van der Waals surface area (Å²) in [7, 11) is 0. The molecule has 6 rings (SSSR count). The number of aromatic nitrogens is 1. The fourth-order valence-corrected chi connectivity index (χ4v) is 5.44. The van der Waals surface area contributed by atoms with Crippen molar-refractivity contribution in [1.29, 1.82) is 0 Å². The fraction of sp³-hybridized carbons (Fsp3) is 0.171. The first-order valence-corrected chi connectivity index (χ1v) is 13.6. The summed E-state index contributed by atoms with van der Waals surface area (Å²) in [5, 5.41) is 1.26. The SMILES string of the molecule is CCOc1ccc(C2=C(C=NCCc3c[nH]c4ccccc34)[C@@H](c3ccccc3C)c3ccccc3O2)cc1. The molecule has 0 saturated carbocycles. The highest BCUT2D eigenvalue weighted by atomic mass is 16.5. The van der Waals surface area contributed by atoms with Crippen LogP contribution in [0.5, 0.6) is 11.5 Å². The van der Waals surface area contributed by atoms with Crippen LogP contribution in [0.25, 0.3) is 16.7 Å². The van der Waals surface area contributed by atoms with E-state index in [9.17, 15) is 0 Å². The van der Waals surface area contributed by atoms with E-state index in [1.807, 2.05) is 31.3 Å². The first kappa shape index (κ1) is 24.7. The van der Waals surface area contributed by atoms with Gasteiger partial charge in [0.15, 0.2) is 0 Å². The van der Waals surface area contributed by atoms with Crippen LogP contribution in [0.1, 0.15) is 40.7 Å². The molecule has 0 saturated heterocycles. The molecule has 1 aliphatic heterocycles. The van der Waals surface area contributed by atoms with E-state index in [-0.39, 0.29) is 5.92 Å². The molecule has 0 spiro atoms.